The number of benzene rings is 3. The normalized spacial score (nSPS) is 12.0. The average molecular weight is 387 g/mol. The van der Waals surface area contributed by atoms with Crippen LogP contribution in [0.15, 0.2) is 78.9 Å². The van der Waals surface area contributed by atoms with Gasteiger partial charge in [-0.25, -0.2) is 0 Å². The smallest absolute Gasteiger partial charge is 0.237 e. The molecule has 0 unspecified atom stereocenters. The summed E-state index contributed by atoms with van der Waals surface area (Å²) in [4.78, 5) is 11.3. The van der Waals surface area contributed by atoms with Crippen LogP contribution in [0.2, 0.25) is 5.04 Å². The van der Waals surface area contributed by atoms with Crippen LogP contribution in [0.1, 0.15) is 53.4 Å². The lowest BCUT2D eigenvalue weighted by atomic mass is 9.78. The quantitative estimate of drug-likeness (QED) is 0.297. The summed E-state index contributed by atoms with van der Waals surface area (Å²) >= 11 is 0. The second kappa shape index (κ2) is 8.25. The summed E-state index contributed by atoms with van der Waals surface area (Å²) in [6, 6.07) is 26.6. The lowest BCUT2D eigenvalue weighted by Gasteiger charge is -2.39. The van der Waals surface area contributed by atoms with Crippen LogP contribution in [0.3, 0.4) is 0 Å². The van der Waals surface area contributed by atoms with Crippen molar-refractivity contribution in [3.05, 3.63) is 107 Å². The Bertz CT molecular complexity index is 888. The molecular weight excluding hydrogens is 360 g/mol. The van der Waals surface area contributed by atoms with Crippen LogP contribution >= 0.6 is 0 Å². The van der Waals surface area contributed by atoms with Gasteiger partial charge in [0.15, 0.2) is 0 Å². The highest BCUT2D eigenvalue weighted by Crippen LogP contribution is 2.43. The van der Waals surface area contributed by atoms with Crippen LogP contribution in [0.5, 0.6) is 0 Å². The molecule has 3 heteroatoms. The molecule has 0 aromatic heterocycles. The Labute approximate surface area is 170 Å². The van der Waals surface area contributed by atoms with Crippen molar-refractivity contribution in [1.29, 1.82) is 0 Å². The van der Waals surface area contributed by atoms with Crippen molar-refractivity contribution in [2.75, 3.05) is 0 Å². The monoisotopic (exact) mass is 386 g/mol. The predicted molar refractivity (Wildman–Crippen MR) is 116 cm³/mol. The Hall–Kier alpha value is -2.49. The first-order chi connectivity index (χ1) is 13.4. The molecule has 3 aromatic rings. The molecule has 2 radical (unpaired) electrons. The molecule has 3 rings (SSSR count). The van der Waals surface area contributed by atoms with Gasteiger partial charge in [0.25, 0.3) is 0 Å². The van der Waals surface area contributed by atoms with Crippen LogP contribution < -0.4 is 0 Å². The van der Waals surface area contributed by atoms with Crippen molar-refractivity contribution >= 4 is 16.0 Å². The first-order valence-electron chi connectivity index (χ1n) is 9.49. The fourth-order valence-corrected chi connectivity index (χ4v) is 4.19. The Morgan fingerprint density at radius 3 is 1.79 bits per heavy atom. The van der Waals surface area contributed by atoms with E-state index in [1.165, 1.54) is 0 Å². The molecule has 0 amide bonds. The molecule has 0 saturated heterocycles. The minimum atomic E-state index is -0.736. The van der Waals surface area contributed by atoms with Gasteiger partial charge in [-0.15, -0.1) is 0 Å². The van der Waals surface area contributed by atoms with Gasteiger partial charge in [0.05, 0.1) is 0 Å². The maximum absolute atomic E-state index is 11.3. The molecule has 0 spiro atoms. The average Bonchev–Trinajstić information content (AvgIpc) is 2.70. The standard InChI is InChI=1S/C25H26O2Si/c1-19-17-20(18-26)15-16-23(19)25(27-28-24(2,3)4,21-11-7-5-8-12-21)22-13-9-6-10-14-22/h5-18H,1-4H3. The summed E-state index contributed by atoms with van der Waals surface area (Å²) in [5.41, 5.74) is 4.21. The molecule has 0 bridgehead atoms. The van der Waals surface area contributed by atoms with Gasteiger partial charge in [0, 0.05) is 5.56 Å². The largest absolute Gasteiger partial charge is 0.400 e. The highest BCUT2D eigenvalue weighted by Gasteiger charge is 2.39. The number of rotatable bonds is 6. The fourth-order valence-electron chi connectivity index (χ4n) is 3.38. The van der Waals surface area contributed by atoms with Gasteiger partial charge in [-0.2, -0.15) is 0 Å². The van der Waals surface area contributed by atoms with Crippen LogP contribution in [0.25, 0.3) is 0 Å². The van der Waals surface area contributed by atoms with E-state index in [0.29, 0.717) is 15.3 Å². The summed E-state index contributed by atoms with van der Waals surface area (Å²) in [6.45, 7) is 8.62. The maximum atomic E-state index is 11.3. The summed E-state index contributed by atoms with van der Waals surface area (Å²) in [5, 5.41) is 0.0332. The van der Waals surface area contributed by atoms with E-state index in [-0.39, 0.29) is 5.04 Å². The number of aldehydes is 1. The molecule has 0 aliphatic rings. The molecule has 0 saturated carbocycles. The van der Waals surface area contributed by atoms with Crippen LogP contribution in [-0.4, -0.2) is 16.0 Å². The van der Waals surface area contributed by atoms with Crippen molar-refractivity contribution in [2.24, 2.45) is 0 Å². The van der Waals surface area contributed by atoms with Gasteiger partial charge < -0.3 is 4.43 Å². The van der Waals surface area contributed by atoms with Crippen LogP contribution in [0, 0.1) is 6.92 Å². The minimum absolute atomic E-state index is 0.0332. The Morgan fingerprint density at radius 2 is 1.36 bits per heavy atom. The van der Waals surface area contributed by atoms with Gasteiger partial charge in [0.1, 0.15) is 11.9 Å². The van der Waals surface area contributed by atoms with Gasteiger partial charge in [0.2, 0.25) is 9.76 Å². The number of hydrogen-bond acceptors (Lipinski definition) is 2. The summed E-state index contributed by atoms with van der Waals surface area (Å²) < 4.78 is 6.85. The molecule has 0 aliphatic heterocycles. The summed E-state index contributed by atoms with van der Waals surface area (Å²) in [7, 11) is 0.294. The second-order valence-electron chi connectivity index (χ2n) is 8.06. The molecule has 0 aliphatic carbocycles. The molecule has 0 atom stereocenters. The molecule has 28 heavy (non-hydrogen) atoms. The van der Waals surface area contributed by atoms with E-state index in [4.69, 9.17) is 4.43 Å². The maximum Gasteiger partial charge on any atom is 0.237 e. The third-order valence-electron chi connectivity index (χ3n) is 4.64. The lowest BCUT2D eigenvalue weighted by molar-refractivity contribution is 0.112. The SMILES string of the molecule is Cc1cc(C=O)ccc1C(O[Si]C(C)(C)C)(c1ccccc1)c1ccccc1. The lowest BCUT2D eigenvalue weighted by Crippen LogP contribution is -2.37. The summed E-state index contributed by atoms with van der Waals surface area (Å²) in [6.07, 6.45) is 0.890. The first-order valence-corrected chi connectivity index (χ1v) is 10.4. The third kappa shape index (κ3) is 4.16. The molecule has 0 fully saturated rings. The van der Waals surface area contributed by atoms with E-state index in [2.05, 4.69) is 45.0 Å². The van der Waals surface area contributed by atoms with Crippen LogP contribution in [-0.2, 0) is 10.0 Å². The first kappa shape index (κ1) is 20.2. The number of hydrogen-bond donors (Lipinski definition) is 0. The fraction of sp³-hybridized carbons (Fsp3) is 0.240. The Kier molecular flexibility index (Phi) is 5.97. The van der Waals surface area contributed by atoms with Crippen molar-refractivity contribution in [3.63, 3.8) is 0 Å². The Morgan fingerprint density at radius 1 is 0.821 bits per heavy atom. The van der Waals surface area contributed by atoms with Crippen molar-refractivity contribution in [3.8, 4) is 0 Å². The number of carbonyl (C=O) groups is 1. The zero-order valence-corrected chi connectivity index (χ0v) is 17.9. The predicted octanol–water partition coefficient (Wildman–Crippen LogP) is 5.95. The van der Waals surface area contributed by atoms with Crippen LogP contribution in [0.4, 0.5) is 0 Å². The number of aryl methyl sites for hydroxylation is 1. The molecule has 0 N–H and O–H groups in total. The van der Waals surface area contributed by atoms with E-state index in [0.717, 1.165) is 28.5 Å². The summed E-state index contributed by atoms with van der Waals surface area (Å²) in [5.74, 6) is 0. The van der Waals surface area contributed by atoms with Crippen molar-refractivity contribution in [1.82, 2.24) is 0 Å². The second-order valence-corrected chi connectivity index (χ2v) is 9.97. The highest BCUT2D eigenvalue weighted by molar-refractivity contribution is 6.32. The molecule has 142 valence electrons. The van der Waals surface area contributed by atoms with Gasteiger partial charge in [-0.05, 0) is 40.3 Å². The molecule has 2 nitrogen and oxygen atoms in total. The van der Waals surface area contributed by atoms with E-state index >= 15 is 0 Å². The van der Waals surface area contributed by atoms with Gasteiger partial charge >= 0.3 is 0 Å². The van der Waals surface area contributed by atoms with E-state index < -0.39 is 5.60 Å². The van der Waals surface area contributed by atoms with Crippen molar-refractivity contribution in [2.45, 2.75) is 38.3 Å². The number of carbonyl (C=O) groups excluding carboxylic acids is 1. The van der Waals surface area contributed by atoms with E-state index in [1.807, 2.05) is 61.5 Å². The Balaban J connectivity index is 2.31. The molecular formula is C25H26O2Si. The van der Waals surface area contributed by atoms with Gasteiger partial charge in [-0.1, -0.05) is 93.6 Å². The zero-order chi connectivity index (χ0) is 20.2. The van der Waals surface area contributed by atoms with E-state index in [9.17, 15) is 4.79 Å². The zero-order valence-electron chi connectivity index (χ0n) is 16.9. The molecule has 3 aromatic carbocycles. The van der Waals surface area contributed by atoms with Gasteiger partial charge in [-0.3, -0.25) is 4.79 Å². The minimum Gasteiger partial charge on any atom is -0.400 e. The molecule has 0 heterocycles. The highest BCUT2D eigenvalue weighted by atomic mass is 28.2. The van der Waals surface area contributed by atoms with E-state index in [1.54, 1.807) is 0 Å². The third-order valence-corrected chi connectivity index (χ3v) is 5.66. The van der Waals surface area contributed by atoms with Crippen molar-refractivity contribution < 1.29 is 9.22 Å². The topological polar surface area (TPSA) is 26.3 Å².